The van der Waals surface area contributed by atoms with E-state index < -0.39 is 21.4 Å². The van der Waals surface area contributed by atoms with Crippen LogP contribution < -0.4 is 0 Å². The summed E-state index contributed by atoms with van der Waals surface area (Å²) < 4.78 is 42.0. The quantitative estimate of drug-likeness (QED) is 0.640. The van der Waals surface area contributed by atoms with E-state index in [0.717, 1.165) is 37.3 Å². The van der Waals surface area contributed by atoms with E-state index in [1.165, 1.54) is 6.20 Å². The molecule has 0 saturated heterocycles. The zero-order chi connectivity index (χ0) is 15.2. The summed E-state index contributed by atoms with van der Waals surface area (Å²) in [5.41, 5.74) is 0.00981. The van der Waals surface area contributed by atoms with Crippen LogP contribution in [0.4, 0.5) is 4.39 Å². The number of aromatic nitrogens is 1. The lowest BCUT2D eigenvalue weighted by molar-refractivity contribution is 0.103. The van der Waals surface area contributed by atoms with Gasteiger partial charge in [0.2, 0.25) is 0 Å². The van der Waals surface area contributed by atoms with Crippen LogP contribution in [0.3, 0.4) is 0 Å². The fraction of sp³-hybridized carbons (Fsp3) is 0.286. The molecule has 7 heteroatoms. The van der Waals surface area contributed by atoms with Crippen LogP contribution in [-0.4, -0.2) is 25.6 Å². The van der Waals surface area contributed by atoms with Crippen molar-refractivity contribution < 1.29 is 22.1 Å². The molecule has 0 atom stereocenters. The summed E-state index contributed by atoms with van der Waals surface area (Å²) in [6, 6.07) is 3.05. The number of rotatable bonds is 4. The van der Waals surface area contributed by atoms with Crippen molar-refractivity contribution in [1.29, 1.82) is 0 Å². The van der Waals surface area contributed by atoms with Gasteiger partial charge < -0.3 is 4.52 Å². The number of sulfone groups is 1. The van der Waals surface area contributed by atoms with E-state index in [1.54, 1.807) is 0 Å². The van der Waals surface area contributed by atoms with Crippen molar-refractivity contribution in [3.63, 3.8) is 0 Å². The second-order valence-electron chi connectivity index (χ2n) is 5.12. The van der Waals surface area contributed by atoms with Crippen LogP contribution in [0.2, 0.25) is 0 Å². The number of ketones is 1. The van der Waals surface area contributed by atoms with Crippen molar-refractivity contribution in [1.82, 2.24) is 5.16 Å². The van der Waals surface area contributed by atoms with Crippen LogP contribution in [-0.2, 0) is 9.84 Å². The minimum Gasteiger partial charge on any atom is -0.360 e. The summed E-state index contributed by atoms with van der Waals surface area (Å²) in [5.74, 6) is -0.668. The van der Waals surface area contributed by atoms with Crippen LogP contribution in [0.1, 0.15) is 40.4 Å². The van der Waals surface area contributed by atoms with Crippen molar-refractivity contribution >= 4 is 15.6 Å². The van der Waals surface area contributed by atoms with E-state index in [9.17, 15) is 17.6 Å². The third-order valence-electron chi connectivity index (χ3n) is 3.38. The molecule has 0 radical (unpaired) electrons. The maximum absolute atomic E-state index is 13.4. The lowest BCUT2D eigenvalue weighted by Gasteiger charge is -2.07. The van der Waals surface area contributed by atoms with Gasteiger partial charge in [0.1, 0.15) is 5.82 Å². The zero-order valence-electron chi connectivity index (χ0n) is 11.2. The predicted octanol–water partition coefficient (Wildman–Crippen LogP) is 2.33. The molecule has 0 aliphatic heterocycles. The number of hydrogen-bond acceptors (Lipinski definition) is 5. The van der Waals surface area contributed by atoms with Crippen molar-refractivity contribution in [3.8, 4) is 0 Å². The molecule has 0 bridgehead atoms. The molecule has 3 rings (SSSR count). The first-order chi connectivity index (χ1) is 9.88. The van der Waals surface area contributed by atoms with Crippen LogP contribution in [0.25, 0.3) is 0 Å². The molecule has 21 heavy (non-hydrogen) atoms. The van der Waals surface area contributed by atoms with Gasteiger partial charge in [-0.2, -0.15) is 0 Å². The molecule has 5 nitrogen and oxygen atoms in total. The Morgan fingerprint density at radius 1 is 1.33 bits per heavy atom. The maximum atomic E-state index is 13.4. The monoisotopic (exact) mass is 309 g/mol. The Morgan fingerprint density at radius 2 is 2.05 bits per heavy atom. The molecule has 1 fully saturated rings. The molecular formula is C14H12FNO4S. The standard InChI is InChI=1S/C14H12FNO4S/c1-21(18,19)12-5-4-9(15)6-10(12)13(17)11-7-16-20-14(11)8-2-3-8/h4-8H,2-3H2,1H3. The van der Waals surface area contributed by atoms with Crippen LogP contribution in [0.15, 0.2) is 33.8 Å². The highest BCUT2D eigenvalue weighted by Crippen LogP contribution is 2.42. The fourth-order valence-electron chi connectivity index (χ4n) is 2.21. The molecular weight excluding hydrogens is 297 g/mol. The molecule has 1 aliphatic carbocycles. The van der Waals surface area contributed by atoms with Gasteiger partial charge in [0.15, 0.2) is 21.4 Å². The van der Waals surface area contributed by atoms with E-state index in [-0.39, 0.29) is 21.9 Å². The predicted molar refractivity (Wildman–Crippen MR) is 71.4 cm³/mol. The average Bonchev–Trinajstić information content (AvgIpc) is 3.14. The average molecular weight is 309 g/mol. The van der Waals surface area contributed by atoms with E-state index in [1.807, 2.05) is 0 Å². The lowest BCUT2D eigenvalue weighted by Crippen LogP contribution is -2.10. The van der Waals surface area contributed by atoms with Gasteiger partial charge in [0, 0.05) is 17.7 Å². The lowest BCUT2D eigenvalue weighted by atomic mass is 10.0. The Labute approximate surface area is 120 Å². The number of carbonyl (C=O) groups is 1. The van der Waals surface area contributed by atoms with E-state index in [0.29, 0.717) is 5.76 Å². The molecule has 1 saturated carbocycles. The molecule has 110 valence electrons. The highest BCUT2D eigenvalue weighted by molar-refractivity contribution is 7.90. The SMILES string of the molecule is CS(=O)(=O)c1ccc(F)cc1C(=O)c1cnoc1C1CC1. The third-order valence-corrected chi connectivity index (χ3v) is 4.53. The van der Waals surface area contributed by atoms with Gasteiger partial charge in [-0.1, -0.05) is 5.16 Å². The number of hydrogen-bond donors (Lipinski definition) is 0. The second-order valence-corrected chi connectivity index (χ2v) is 7.10. The first kappa shape index (κ1) is 13.9. The molecule has 0 amide bonds. The van der Waals surface area contributed by atoms with Gasteiger partial charge in [0.05, 0.1) is 16.7 Å². The summed E-state index contributed by atoms with van der Waals surface area (Å²) >= 11 is 0. The molecule has 2 aromatic rings. The minimum absolute atomic E-state index is 0.140. The van der Waals surface area contributed by atoms with Crippen LogP contribution in [0.5, 0.6) is 0 Å². The maximum Gasteiger partial charge on any atom is 0.199 e. The van der Waals surface area contributed by atoms with Gasteiger partial charge in [0.25, 0.3) is 0 Å². The number of benzene rings is 1. The largest absolute Gasteiger partial charge is 0.360 e. The van der Waals surface area contributed by atoms with Gasteiger partial charge >= 0.3 is 0 Å². The Kier molecular flexibility index (Phi) is 3.16. The summed E-state index contributed by atoms with van der Waals surface area (Å²) in [6.07, 6.45) is 4.04. The summed E-state index contributed by atoms with van der Waals surface area (Å²) in [7, 11) is -3.64. The third kappa shape index (κ3) is 2.61. The smallest absolute Gasteiger partial charge is 0.199 e. The summed E-state index contributed by atoms with van der Waals surface area (Å²) in [5, 5.41) is 3.61. The van der Waals surface area contributed by atoms with Crippen LogP contribution in [0, 0.1) is 5.82 Å². The number of carbonyl (C=O) groups excluding carboxylic acids is 1. The summed E-state index contributed by atoms with van der Waals surface area (Å²) in [4.78, 5) is 12.4. The number of nitrogens with zero attached hydrogens (tertiary/aromatic N) is 1. The molecule has 1 aromatic heterocycles. The Morgan fingerprint density at radius 3 is 2.67 bits per heavy atom. The highest BCUT2D eigenvalue weighted by atomic mass is 32.2. The summed E-state index contributed by atoms with van der Waals surface area (Å²) in [6.45, 7) is 0. The first-order valence-corrected chi connectivity index (χ1v) is 8.26. The minimum atomic E-state index is -3.64. The number of halogens is 1. The highest BCUT2D eigenvalue weighted by Gasteiger charge is 2.33. The second kappa shape index (κ2) is 4.77. The Bertz CT molecular complexity index is 821. The van der Waals surface area contributed by atoms with Gasteiger partial charge in [-0.3, -0.25) is 4.79 Å². The van der Waals surface area contributed by atoms with E-state index in [2.05, 4.69) is 5.16 Å². The van der Waals surface area contributed by atoms with Crippen molar-refractivity contribution in [3.05, 3.63) is 47.1 Å². The van der Waals surface area contributed by atoms with Crippen molar-refractivity contribution in [2.75, 3.05) is 6.26 Å². The molecule has 1 aromatic carbocycles. The molecule has 0 spiro atoms. The van der Waals surface area contributed by atoms with Crippen molar-refractivity contribution in [2.45, 2.75) is 23.7 Å². The molecule has 1 aliphatic rings. The first-order valence-electron chi connectivity index (χ1n) is 6.37. The molecule has 0 N–H and O–H groups in total. The molecule has 1 heterocycles. The normalized spacial score (nSPS) is 15.1. The Balaban J connectivity index is 2.13. The zero-order valence-corrected chi connectivity index (χ0v) is 12.0. The molecule has 0 unspecified atom stereocenters. The van der Waals surface area contributed by atoms with E-state index >= 15 is 0 Å². The van der Waals surface area contributed by atoms with Crippen molar-refractivity contribution in [2.24, 2.45) is 0 Å². The Hall–Kier alpha value is -2.02. The van der Waals surface area contributed by atoms with Gasteiger partial charge in [-0.05, 0) is 31.0 Å². The topological polar surface area (TPSA) is 77.2 Å². The van der Waals surface area contributed by atoms with Gasteiger partial charge in [-0.15, -0.1) is 0 Å². The van der Waals surface area contributed by atoms with E-state index in [4.69, 9.17) is 4.52 Å². The van der Waals surface area contributed by atoms with Gasteiger partial charge in [-0.25, -0.2) is 12.8 Å². The fourth-order valence-corrected chi connectivity index (χ4v) is 3.07. The van der Waals surface area contributed by atoms with Crippen LogP contribution >= 0.6 is 0 Å².